The monoisotopic (exact) mass is 425 g/mol. The van der Waals surface area contributed by atoms with Crippen LogP contribution in [0.4, 0.5) is 0 Å². The lowest BCUT2D eigenvalue weighted by molar-refractivity contribution is 0.0720. The van der Waals surface area contributed by atoms with Gasteiger partial charge in [-0.1, -0.05) is 28.1 Å². The Balaban J connectivity index is 1.89. The van der Waals surface area contributed by atoms with Gasteiger partial charge in [0.05, 0.1) is 0 Å². The van der Waals surface area contributed by atoms with E-state index in [1.807, 2.05) is 29.2 Å². The lowest BCUT2D eigenvalue weighted by Crippen LogP contribution is -2.33. The molecule has 1 aliphatic carbocycles. The Hall–Kier alpha value is -1.64. The highest BCUT2D eigenvalue weighted by atomic mass is 79.9. The van der Waals surface area contributed by atoms with Crippen molar-refractivity contribution in [3.63, 3.8) is 0 Å². The fourth-order valence-corrected chi connectivity index (χ4v) is 3.99. The van der Waals surface area contributed by atoms with Gasteiger partial charge in [-0.2, -0.15) is 0 Å². The molecule has 1 amide bonds. The van der Waals surface area contributed by atoms with Crippen molar-refractivity contribution in [1.82, 2.24) is 14.2 Å². The molecule has 1 heterocycles. The Morgan fingerprint density at radius 1 is 1.36 bits per heavy atom. The molecule has 25 heavy (non-hydrogen) atoms. The van der Waals surface area contributed by atoms with E-state index < -0.39 is 10.0 Å². The first-order valence-electron chi connectivity index (χ1n) is 7.97. The number of hydrogen-bond acceptors (Lipinski definition) is 3. The van der Waals surface area contributed by atoms with Gasteiger partial charge in [-0.3, -0.25) is 4.79 Å². The Bertz CT molecular complexity index is 904. The van der Waals surface area contributed by atoms with Gasteiger partial charge in [0.15, 0.2) is 0 Å². The second-order valence-electron chi connectivity index (χ2n) is 6.17. The molecule has 3 rings (SSSR count). The molecule has 0 radical (unpaired) electrons. The van der Waals surface area contributed by atoms with E-state index in [0.717, 1.165) is 22.9 Å². The summed E-state index contributed by atoms with van der Waals surface area (Å²) in [6, 6.07) is 9.50. The number of benzene rings is 1. The van der Waals surface area contributed by atoms with E-state index in [0.29, 0.717) is 12.2 Å². The van der Waals surface area contributed by atoms with Gasteiger partial charge in [0.1, 0.15) is 10.6 Å². The molecule has 0 unspecified atom stereocenters. The first-order valence-corrected chi connectivity index (χ1v) is 10.2. The molecule has 1 aromatic heterocycles. The first-order chi connectivity index (χ1) is 11.8. The summed E-state index contributed by atoms with van der Waals surface area (Å²) in [5.41, 5.74) is 1.41. The van der Waals surface area contributed by atoms with E-state index in [1.165, 1.54) is 19.3 Å². The van der Waals surface area contributed by atoms with Crippen LogP contribution in [0.1, 0.15) is 28.9 Å². The predicted octanol–water partition coefficient (Wildman–Crippen LogP) is 2.50. The maximum absolute atomic E-state index is 13.0. The minimum Gasteiger partial charge on any atom is -0.345 e. The van der Waals surface area contributed by atoms with E-state index in [4.69, 9.17) is 0 Å². The third-order valence-corrected chi connectivity index (χ3v) is 6.14. The number of nitrogens with one attached hydrogen (secondary N) is 1. The second-order valence-corrected chi connectivity index (χ2v) is 8.98. The number of aromatic nitrogens is 1. The third kappa shape index (κ3) is 3.96. The molecule has 0 saturated heterocycles. The van der Waals surface area contributed by atoms with Crippen LogP contribution in [0.15, 0.2) is 45.9 Å². The van der Waals surface area contributed by atoms with Crippen molar-refractivity contribution in [2.75, 3.05) is 7.05 Å². The summed E-state index contributed by atoms with van der Waals surface area (Å²) in [5, 5.41) is 0. The molecule has 6 nitrogen and oxygen atoms in total. The molecule has 0 aliphatic heterocycles. The van der Waals surface area contributed by atoms with Gasteiger partial charge in [-0.25, -0.2) is 13.1 Å². The van der Waals surface area contributed by atoms with Crippen molar-refractivity contribution in [3.05, 3.63) is 52.3 Å². The van der Waals surface area contributed by atoms with Crippen molar-refractivity contribution >= 4 is 31.9 Å². The molecule has 134 valence electrons. The summed E-state index contributed by atoms with van der Waals surface area (Å²) < 4.78 is 28.8. The molecule has 1 aliphatic rings. The molecule has 8 heteroatoms. The van der Waals surface area contributed by atoms with E-state index in [-0.39, 0.29) is 16.8 Å². The zero-order chi connectivity index (χ0) is 18.2. The van der Waals surface area contributed by atoms with E-state index >= 15 is 0 Å². The van der Waals surface area contributed by atoms with Crippen LogP contribution in [0.25, 0.3) is 0 Å². The molecule has 1 N–H and O–H groups in total. The highest BCUT2D eigenvalue weighted by Gasteiger charge is 2.34. The van der Waals surface area contributed by atoms with E-state index in [9.17, 15) is 13.2 Å². The molecule has 1 saturated carbocycles. The van der Waals surface area contributed by atoms with Gasteiger partial charge in [-0.15, -0.1) is 0 Å². The first kappa shape index (κ1) is 18.2. The van der Waals surface area contributed by atoms with Crippen molar-refractivity contribution < 1.29 is 13.2 Å². The fourth-order valence-electron chi connectivity index (χ4n) is 2.74. The SMILES string of the molecule is CNS(=O)(=O)c1cc(C(=O)N(Cc2cccc(Br)c2)C2CC2)n(C)c1. The van der Waals surface area contributed by atoms with Gasteiger partial charge in [0.2, 0.25) is 10.0 Å². The van der Waals surface area contributed by atoms with Crippen LogP contribution in [0.3, 0.4) is 0 Å². The number of rotatable bonds is 6. The molecule has 0 bridgehead atoms. The summed E-state index contributed by atoms with van der Waals surface area (Å²) in [7, 11) is -0.535. The van der Waals surface area contributed by atoms with Crippen molar-refractivity contribution in [3.8, 4) is 0 Å². The number of nitrogens with zero attached hydrogens (tertiary/aromatic N) is 2. The number of amides is 1. The molecule has 1 aromatic carbocycles. The van der Waals surface area contributed by atoms with Crippen LogP contribution in [0.5, 0.6) is 0 Å². The lowest BCUT2D eigenvalue weighted by Gasteiger charge is -2.23. The molecule has 1 fully saturated rings. The maximum atomic E-state index is 13.0. The van der Waals surface area contributed by atoms with Gasteiger partial charge in [0.25, 0.3) is 5.91 Å². The molecule has 2 aromatic rings. The Kier molecular flexibility index (Phi) is 5.04. The highest BCUT2D eigenvalue weighted by Crippen LogP contribution is 2.30. The zero-order valence-electron chi connectivity index (χ0n) is 14.1. The number of carbonyl (C=O) groups is 1. The average Bonchev–Trinajstić information content (AvgIpc) is 3.33. The van der Waals surface area contributed by atoms with Crippen molar-refractivity contribution in [1.29, 1.82) is 0 Å². The third-order valence-electron chi connectivity index (χ3n) is 4.27. The number of hydrogen-bond donors (Lipinski definition) is 1. The number of halogens is 1. The molecule has 0 spiro atoms. The Morgan fingerprint density at radius 2 is 2.08 bits per heavy atom. The van der Waals surface area contributed by atoms with Crippen molar-refractivity contribution in [2.24, 2.45) is 7.05 Å². The van der Waals surface area contributed by atoms with E-state index in [1.54, 1.807) is 11.6 Å². The Morgan fingerprint density at radius 3 is 2.68 bits per heavy atom. The van der Waals surface area contributed by atoms with Crippen LogP contribution in [0.2, 0.25) is 0 Å². The summed E-state index contributed by atoms with van der Waals surface area (Å²) in [5.74, 6) is -0.150. The van der Waals surface area contributed by atoms with Crippen LogP contribution in [-0.2, 0) is 23.6 Å². The van der Waals surface area contributed by atoms with Gasteiger partial charge in [0, 0.05) is 30.3 Å². The predicted molar refractivity (Wildman–Crippen MR) is 98.7 cm³/mol. The van der Waals surface area contributed by atoms with Crippen molar-refractivity contribution in [2.45, 2.75) is 30.3 Å². The number of aryl methyl sites for hydroxylation is 1. The zero-order valence-corrected chi connectivity index (χ0v) is 16.5. The smallest absolute Gasteiger partial charge is 0.271 e. The largest absolute Gasteiger partial charge is 0.345 e. The summed E-state index contributed by atoms with van der Waals surface area (Å²) in [4.78, 5) is 15.0. The average molecular weight is 426 g/mol. The molecular weight excluding hydrogens is 406 g/mol. The molecular formula is C17H20BrN3O3S. The normalized spacial score (nSPS) is 14.5. The summed E-state index contributed by atoms with van der Waals surface area (Å²) in [6.45, 7) is 0.502. The van der Waals surface area contributed by atoms with Gasteiger partial charge in [-0.05, 0) is 43.7 Å². The van der Waals surface area contributed by atoms with Crippen LogP contribution < -0.4 is 4.72 Å². The highest BCUT2D eigenvalue weighted by molar-refractivity contribution is 9.10. The lowest BCUT2D eigenvalue weighted by atomic mass is 10.2. The summed E-state index contributed by atoms with van der Waals surface area (Å²) >= 11 is 3.45. The second kappa shape index (κ2) is 6.93. The topological polar surface area (TPSA) is 71.4 Å². The van der Waals surface area contributed by atoms with E-state index in [2.05, 4.69) is 20.7 Å². The van der Waals surface area contributed by atoms with Crippen LogP contribution in [-0.4, -0.2) is 36.9 Å². The minimum atomic E-state index is -3.58. The number of sulfonamides is 1. The standard InChI is InChI=1S/C17H20BrN3O3S/c1-19-25(23,24)15-9-16(20(2)11-15)17(22)21(14-6-7-14)10-12-4-3-5-13(18)8-12/h3-5,8-9,11,14,19H,6-7,10H2,1-2H3. The molecule has 0 atom stereocenters. The van der Waals surface area contributed by atoms with Crippen LogP contribution in [0, 0.1) is 0 Å². The quantitative estimate of drug-likeness (QED) is 0.772. The van der Waals surface area contributed by atoms with Gasteiger partial charge >= 0.3 is 0 Å². The maximum Gasteiger partial charge on any atom is 0.271 e. The number of carbonyl (C=O) groups excluding carboxylic acids is 1. The minimum absolute atomic E-state index is 0.0963. The Labute approximate surface area is 156 Å². The summed E-state index contributed by atoms with van der Waals surface area (Å²) in [6.07, 6.45) is 3.42. The fraction of sp³-hybridized carbons (Fsp3) is 0.353. The van der Waals surface area contributed by atoms with Gasteiger partial charge < -0.3 is 9.47 Å². The van der Waals surface area contributed by atoms with Crippen LogP contribution >= 0.6 is 15.9 Å².